The van der Waals surface area contributed by atoms with E-state index in [0.717, 1.165) is 34.3 Å². The number of fused-ring (bicyclic) bond motifs is 1. The Balaban J connectivity index is 1.63. The summed E-state index contributed by atoms with van der Waals surface area (Å²) in [6, 6.07) is 15.8. The van der Waals surface area contributed by atoms with Gasteiger partial charge in [0.2, 0.25) is 0 Å². The van der Waals surface area contributed by atoms with Gasteiger partial charge in [-0.3, -0.25) is 0 Å². The molecular weight excluding hydrogens is 458 g/mol. The summed E-state index contributed by atoms with van der Waals surface area (Å²) in [5.41, 5.74) is 2.79. The molecule has 0 spiro atoms. The molecule has 0 aliphatic carbocycles. The number of hydrogen-bond acceptors (Lipinski definition) is 2. The Morgan fingerprint density at radius 3 is 2.50 bits per heavy atom. The summed E-state index contributed by atoms with van der Waals surface area (Å²) >= 11 is 12.2. The highest BCUT2D eigenvalue weighted by molar-refractivity contribution is 6.42. The van der Waals surface area contributed by atoms with Crippen molar-refractivity contribution in [3.05, 3.63) is 100 Å². The Bertz CT molecular complexity index is 1310. The van der Waals surface area contributed by atoms with Gasteiger partial charge in [-0.25, -0.2) is 4.68 Å². The number of benzene rings is 3. The molecular formula is C24H18Cl2F3N3. The van der Waals surface area contributed by atoms with Crippen molar-refractivity contribution in [1.29, 1.82) is 0 Å². The molecule has 0 aliphatic heterocycles. The van der Waals surface area contributed by atoms with Crippen molar-refractivity contribution in [2.75, 3.05) is 0 Å². The van der Waals surface area contributed by atoms with Crippen LogP contribution in [0.25, 0.3) is 22.3 Å². The minimum Gasteiger partial charge on any atom is -0.378 e. The molecule has 0 amide bonds. The van der Waals surface area contributed by atoms with Gasteiger partial charge in [0.1, 0.15) is 0 Å². The smallest absolute Gasteiger partial charge is 0.378 e. The van der Waals surface area contributed by atoms with E-state index in [2.05, 4.69) is 17.0 Å². The summed E-state index contributed by atoms with van der Waals surface area (Å²) in [6.07, 6.45) is -2.67. The maximum Gasteiger partial charge on any atom is 0.416 e. The topological polar surface area (TPSA) is 29.9 Å². The highest BCUT2D eigenvalue weighted by atomic mass is 35.5. The molecule has 0 fully saturated rings. The number of alkyl halides is 3. The van der Waals surface area contributed by atoms with E-state index in [1.807, 2.05) is 24.3 Å². The van der Waals surface area contributed by atoms with Crippen LogP contribution in [0.1, 0.15) is 29.7 Å². The Labute approximate surface area is 193 Å². The Morgan fingerprint density at radius 1 is 1.03 bits per heavy atom. The van der Waals surface area contributed by atoms with Crippen molar-refractivity contribution in [1.82, 2.24) is 15.1 Å². The lowest BCUT2D eigenvalue weighted by atomic mass is 10.0. The third-order valence-electron chi connectivity index (χ3n) is 5.19. The number of nitrogens with zero attached hydrogens (tertiary/aromatic N) is 2. The SMILES string of the molecule is C=C(N[C@@H](C)c1cccc(C(F)(F)F)c1)c1cccc2c1cnn2-c1ccc(Cl)c(Cl)c1. The molecule has 0 saturated heterocycles. The second-order valence-corrected chi connectivity index (χ2v) is 8.18. The van der Waals surface area contributed by atoms with Gasteiger partial charge in [-0.1, -0.05) is 54.0 Å². The van der Waals surface area contributed by atoms with Crippen molar-refractivity contribution < 1.29 is 13.2 Å². The van der Waals surface area contributed by atoms with E-state index in [9.17, 15) is 13.2 Å². The molecule has 3 aromatic carbocycles. The van der Waals surface area contributed by atoms with E-state index < -0.39 is 11.7 Å². The van der Waals surface area contributed by atoms with E-state index in [-0.39, 0.29) is 6.04 Å². The molecule has 0 saturated carbocycles. The van der Waals surface area contributed by atoms with Crippen LogP contribution < -0.4 is 5.32 Å². The van der Waals surface area contributed by atoms with Crippen LogP contribution >= 0.6 is 23.2 Å². The molecule has 164 valence electrons. The predicted octanol–water partition coefficient (Wildman–Crippen LogP) is 7.67. The van der Waals surface area contributed by atoms with Gasteiger partial charge in [-0.05, 0) is 48.9 Å². The van der Waals surface area contributed by atoms with Crippen molar-refractivity contribution in [3.8, 4) is 5.69 Å². The number of halogens is 5. The summed E-state index contributed by atoms with van der Waals surface area (Å²) in [4.78, 5) is 0. The number of hydrogen-bond donors (Lipinski definition) is 1. The van der Waals surface area contributed by atoms with Crippen LogP contribution in [-0.4, -0.2) is 9.78 Å². The van der Waals surface area contributed by atoms with Gasteiger partial charge >= 0.3 is 6.18 Å². The lowest BCUT2D eigenvalue weighted by molar-refractivity contribution is -0.137. The first-order valence-corrected chi connectivity index (χ1v) is 10.5. The monoisotopic (exact) mass is 475 g/mol. The lowest BCUT2D eigenvalue weighted by Gasteiger charge is -2.19. The summed E-state index contributed by atoms with van der Waals surface area (Å²) in [6.45, 7) is 5.90. The minimum absolute atomic E-state index is 0.384. The van der Waals surface area contributed by atoms with Crippen LogP contribution in [0.3, 0.4) is 0 Å². The molecule has 1 aromatic heterocycles. The first-order valence-electron chi connectivity index (χ1n) is 9.70. The highest BCUT2D eigenvalue weighted by Crippen LogP contribution is 2.32. The van der Waals surface area contributed by atoms with Crippen LogP contribution in [0.5, 0.6) is 0 Å². The highest BCUT2D eigenvalue weighted by Gasteiger charge is 2.30. The first-order chi connectivity index (χ1) is 15.1. The fourth-order valence-electron chi connectivity index (χ4n) is 3.54. The van der Waals surface area contributed by atoms with Crippen molar-refractivity contribution in [2.45, 2.75) is 19.1 Å². The maximum atomic E-state index is 13.1. The molecule has 0 radical (unpaired) electrons. The molecule has 1 atom stereocenters. The first kappa shape index (κ1) is 22.2. The van der Waals surface area contributed by atoms with Crippen LogP contribution in [0, 0.1) is 0 Å². The van der Waals surface area contributed by atoms with Crippen molar-refractivity contribution in [3.63, 3.8) is 0 Å². The molecule has 0 aliphatic rings. The minimum atomic E-state index is -4.39. The van der Waals surface area contributed by atoms with Gasteiger partial charge in [0.15, 0.2) is 0 Å². The number of nitrogens with one attached hydrogen (secondary N) is 1. The summed E-state index contributed by atoms with van der Waals surface area (Å²) in [5, 5.41) is 9.40. The van der Waals surface area contributed by atoms with Crippen LogP contribution in [0.4, 0.5) is 13.2 Å². The Morgan fingerprint density at radius 2 is 1.78 bits per heavy atom. The number of aromatic nitrogens is 2. The summed E-state index contributed by atoms with van der Waals surface area (Å²) < 4.78 is 40.9. The van der Waals surface area contributed by atoms with Crippen LogP contribution in [0.2, 0.25) is 10.0 Å². The van der Waals surface area contributed by atoms with E-state index in [1.54, 1.807) is 36.0 Å². The number of rotatable bonds is 5. The molecule has 0 unspecified atom stereocenters. The van der Waals surface area contributed by atoms with Gasteiger partial charge in [-0.15, -0.1) is 0 Å². The lowest BCUT2D eigenvalue weighted by Crippen LogP contribution is -2.17. The third kappa shape index (κ3) is 4.33. The van der Waals surface area contributed by atoms with E-state index >= 15 is 0 Å². The normalized spacial score (nSPS) is 12.7. The van der Waals surface area contributed by atoms with E-state index in [4.69, 9.17) is 23.2 Å². The maximum absolute atomic E-state index is 13.1. The van der Waals surface area contributed by atoms with Crippen LogP contribution in [-0.2, 0) is 6.18 Å². The summed E-state index contributed by atoms with van der Waals surface area (Å²) in [7, 11) is 0. The standard InChI is InChI=1S/C24H18Cl2F3N3/c1-14(16-5-3-6-17(11-16)24(27,28)29)31-15(2)19-7-4-8-23-20(19)13-30-32(23)18-9-10-21(25)22(26)12-18/h3-14,31H,2H2,1H3/t14-/m0/s1. The van der Waals surface area contributed by atoms with Gasteiger partial charge in [0.05, 0.1) is 33.0 Å². The molecule has 1 heterocycles. The molecule has 8 heteroatoms. The predicted molar refractivity (Wildman–Crippen MR) is 123 cm³/mol. The Hall–Kier alpha value is -2.96. The second-order valence-electron chi connectivity index (χ2n) is 7.36. The zero-order chi connectivity index (χ0) is 23.0. The molecule has 0 bridgehead atoms. The van der Waals surface area contributed by atoms with E-state index in [0.29, 0.717) is 21.3 Å². The Kier molecular flexibility index (Phi) is 5.93. The van der Waals surface area contributed by atoms with E-state index in [1.165, 1.54) is 6.07 Å². The van der Waals surface area contributed by atoms with Gasteiger partial charge in [0.25, 0.3) is 0 Å². The van der Waals surface area contributed by atoms with Gasteiger partial charge < -0.3 is 5.32 Å². The third-order valence-corrected chi connectivity index (χ3v) is 5.93. The molecule has 32 heavy (non-hydrogen) atoms. The van der Waals surface area contributed by atoms with Gasteiger partial charge in [0, 0.05) is 22.7 Å². The largest absolute Gasteiger partial charge is 0.416 e. The molecule has 3 nitrogen and oxygen atoms in total. The molecule has 1 N–H and O–H groups in total. The zero-order valence-corrected chi connectivity index (χ0v) is 18.4. The van der Waals surface area contributed by atoms with Crippen LogP contribution in [0.15, 0.2) is 73.4 Å². The zero-order valence-electron chi connectivity index (χ0n) is 16.9. The molecule has 4 aromatic rings. The van der Waals surface area contributed by atoms with Gasteiger partial charge in [-0.2, -0.15) is 18.3 Å². The fourth-order valence-corrected chi connectivity index (χ4v) is 3.84. The fraction of sp³-hybridized carbons (Fsp3) is 0.125. The van der Waals surface area contributed by atoms with Crippen molar-refractivity contribution >= 4 is 39.8 Å². The second kappa shape index (κ2) is 8.52. The summed E-state index contributed by atoms with van der Waals surface area (Å²) in [5.74, 6) is 0. The average molecular weight is 476 g/mol. The quantitative estimate of drug-likeness (QED) is 0.320. The molecule has 4 rings (SSSR count). The van der Waals surface area contributed by atoms with Crippen molar-refractivity contribution in [2.24, 2.45) is 0 Å². The average Bonchev–Trinajstić information content (AvgIpc) is 3.19.